The van der Waals surface area contributed by atoms with E-state index in [1.54, 1.807) is 20.8 Å². The molecule has 1 N–H and O–H groups in total. The van der Waals surface area contributed by atoms with Gasteiger partial charge in [-0.05, 0) is 51.8 Å². The van der Waals surface area contributed by atoms with Crippen molar-refractivity contribution in [1.29, 1.82) is 0 Å². The SMILES string of the molecule is Cc1c(C[C@H](C)NC(=O)OC(C)(C)C)sc2c(S(C)(=O)=O)nc(Cl)nc12. The number of alkyl carbamates (subject to hydrolysis) is 1. The Morgan fingerprint density at radius 1 is 1.35 bits per heavy atom. The molecule has 0 aromatic carbocycles. The lowest BCUT2D eigenvalue weighted by atomic mass is 10.1. The molecule has 7 nitrogen and oxygen atoms in total. The standard InChI is InChI=1S/C16H22ClN3O4S2/c1-8(18-15(21)24-16(3,4)5)7-10-9(2)11-12(25-10)13(26(6,22)23)20-14(17)19-11/h8H,7H2,1-6H3,(H,18,21)/t8-/m0/s1. The van der Waals surface area contributed by atoms with Crippen LogP contribution in [0.25, 0.3) is 10.2 Å². The number of fused-ring (bicyclic) bond motifs is 1. The largest absolute Gasteiger partial charge is 0.444 e. The first-order valence-electron chi connectivity index (χ1n) is 7.93. The summed E-state index contributed by atoms with van der Waals surface area (Å²) in [5.74, 6) is 0. The lowest BCUT2D eigenvalue weighted by molar-refractivity contribution is 0.0508. The van der Waals surface area contributed by atoms with Crippen LogP contribution in [0.3, 0.4) is 0 Å². The Morgan fingerprint density at radius 3 is 2.50 bits per heavy atom. The minimum absolute atomic E-state index is 0.0698. The summed E-state index contributed by atoms with van der Waals surface area (Å²) in [6.45, 7) is 9.08. The van der Waals surface area contributed by atoms with E-state index in [0.29, 0.717) is 16.6 Å². The van der Waals surface area contributed by atoms with Gasteiger partial charge in [0.15, 0.2) is 14.9 Å². The Kier molecular flexibility index (Phi) is 5.84. The number of aromatic nitrogens is 2. The number of aryl methyl sites for hydroxylation is 1. The molecule has 2 heterocycles. The average molecular weight is 420 g/mol. The maximum Gasteiger partial charge on any atom is 0.407 e. The molecule has 0 saturated heterocycles. The van der Waals surface area contributed by atoms with Crippen LogP contribution < -0.4 is 5.32 Å². The van der Waals surface area contributed by atoms with E-state index in [2.05, 4.69) is 15.3 Å². The molecule has 0 spiro atoms. The van der Waals surface area contributed by atoms with Crippen molar-refractivity contribution in [3.05, 3.63) is 15.7 Å². The minimum atomic E-state index is -3.54. The summed E-state index contributed by atoms with van der Waals surface area (Å²) < 4.78 is 29.7. The predicted octanol–water partition coefficient (Wildman–Crippen LogP) is 3.51. The summed E-state index contributed by atoms with van der Waals surface area (Å²) >= 11 is 7.19. The number of halogens is 1. The third-order valence-corrected chi connectivity index (χ3v) is 6.02. The Balaban J connectivity index is 2.31. The fraction of sp³-hybridized carbons (Fsp3) is 0.562. The van der Waals surface area contributed by atoms with Gasteiger partial charge in [0.2, 0.25) is 5.28 Å². The second-order valence-corrected chi connectivity index (χ2v) is 10.5. The van der Waals surface area contributed by atoms with E-state index in [4.69, 9.17) is 16.3 Å². The van der Waals surface area contributed by atoms with Crippen molar-refractivity contribution in [1.82, 2.24) is 15.3 Å². The van der Waals surface area contributed by atoms with Gasteiger partial charge in [-0.15, -0.1) is 11.3 Å². The number of amides is 1. The van der Waals surface area contributed by atoms with Gasteiger partial charge in [-0.3, -0.25) is 0 Å². The van der Waals surface area contributed by atoms with Crippen molar-refractivity contribution in [3.63, 3.8) is 0 Å². The first kappa shape index (κ1) is 20.9. The number of carbonyl (C=O) groups excluding carboxylic acids is 1. The van der Waals surface area contributed by atoms with Gasteiger partial charge in [0, 0.05) is 23.6 Å². The molecule has 1 amide bonds. The number of ether oxygens (including phenoxy) is 1. The van der Waals surface area contributed by atoms with Gasteiger partial charge in [0.1, 0.15) is 5.60 Å². The van der Waals surface area contributed by atoms with Crippen molar-refractivity contribution in [2.45, 2.75) is 57.7 Å². The number of hydrogen-bond acceptors (Lipinski definition) is 7. The van der Waals surface area contributed by atoms with Crippen molar-refractivity contribution >= 4 is 49.1 Å². The first-order valence-corrected chi connectivity index (χ1v) is 11.0. The normalized spacial score (nSPS) is 13.7. The molecule has 0 unspecified atom stereocenters. The van der Waals surface area contributed by atoms with Crippen molar-refractivity contribution in [3.8, 4) is 0 Å². The van der Waals surface area contributed by atoms with Gasteiger partial charge >= 0.3 is 6.09 Å². The van der Waals surface area contributed by atoms with Crippen LogP contribution >= 0.6 is 22.9 Å². The van der Waals surface area contributed by atoms with E-state index in [0.717, 1.165) is 16.7 Å². The molecule has 0 saturated carbocycles. The summed E-state index contributed by atoms with van der Waals surface area (Å²) in [5, 5.41) is 2.60. The Hall–Kier alpha value is -1.45. The lowest BCUT2D eigenvalue weighted by Crippen LogP contribution is -2.38. The highest BCUT2D eigenvalue weighted by molar-refractivity contribution is 7.91. The molecule has 10 heteroatoms. The highest BCUT2D eigenvalue weighted by Crippen LogP contribution is 2.34. The van der Waals surface area contributed by atoms with Gasteiger partial charge < -0.3 is 10.1 Å². The Labute approximate surface area is 162 Å². The van der Waals surface area contributed by atoms with Gasteiger partial charge in [0.05, 0.1) is 10.2 Å². The Morgan fingerprint density at radius 2 is 1.96 bits per heavy atom. The predicted molar refractivity (Wildman–Crippen MR) is 103 cm³/mol. The third kappa shape index (κ3) is 5.05. The van der Waals surface area contributed by atoms with Crippen LogP contribution in [0.15, 0.2) is 5.03 Å². The smallest absolute Gasteiger partial charge is 0.407 e. The van der Waals surface area contributed by atoms with E-state index in [9.17, 15) is 13.2 Å². The van der Waals surface area contributed by atoms with Crippen LogP contribution in [-0.2, 0) is 21.0 Å². The van der Waals surface area contributed by atoms with Crippen LogP contribution in [0, 0.1) is 6.92 Å². The number of nitrogens with zero attached hydrogens (tertiary/aromatic N) is 2. The molecule has 0 aliphatic carbocycles. The highest BCUT2D eigenvalue weighted by Gasteiger charge is 2.23. The zero-order valence-electron chi connectivity index (χ0n) is 15.5. The summed E-state index contributed by atoms with van der Waals surface area (Å²) in [4.78, 5) is 20.9. The number of sulfone groups is 1. The molecule has 2 rings (SSSR count). The summed E-state index contributed by atoms with van der Waals surface area (Å²) in [5.41, 5.74) is 0.778. The maximum absolute atomic E-state index is 12.0. The highest BCUT2D eigenvalue weighted by atomic mass is 35.5. The average Bonchev–Trinajstić information content (AvgIpc) is 2.71. The van der Waals surface area contributed by atoms with Gasteiger partial charge in [0.25, 0.3) is 0 Å². The van der Waals surface area contributed by atoms with E-state index >= 15 is 0 Å². The second kappa shape index (κ2) is 7.28. The summed E-state index contributed by atoms with van der Waals surface area (Å²) in [7, 11) is -3.54. The summed E-state index contributed by atoms with van der Waals surface area (Å²) in [6.07, 6.45) is 1.10. The quantitative estimate of drug-likeness (QED) is 0.601. The molecule has 26 heavy (non-hydrogen) atoms. The number of nitrogens with one attached hydrogen (secondary N) is 1. The number of thiophene rings is 1. The molecule has 2 aromatic rings. The van der Waals surface area contributed by atoms with Crippen molar-refractivity contribution in [2.24, 2.45) is 0 Å². The first-order chi connectivity index (χ1) is 11.8. The molecule has 144 valence electrons. The zero-order chi connectivity index (χ0) is 19.9. The van der Waals surface area contributed by atoms with Crippen LogP contribution in [0.5, 0.6) is 0 Å². The van der Waals surface area contributed by atoms with E-state index in [-0.39, 0.29) is 16.4 Å². The molecular formula is C16H22ClN3O4S2. The van der Waals surface area contributed by atoms with Gasteiger partial charge in [-0.1, -0.05) is 0 Å². The van der Waals surface area contributed by atoms with Crippen LogP contribution in [-0.4, -0.2) is 42.4 Å². The molecular weight excluding hydrogens is 398 g/mol. The molecule has 0 aliphatic heterocycles. The third-order valence-electron chi connectivity index (χ3n) is 3.41. The van der Waals surface area contributed by atoms with Gasteiger partial charge in [-0.2, -0.15) is 0 Å². The number of hydrogen-bond donors (Lipinski definition) is 1. The fourth-order valence-electron chi connectivity index (χ4n) is 2.37. The molecule has 0 aliphatic rings. The minimum Gasteiger partial charge on any atom is -0.444 e. The zero-order valence-corrected chi connectivity index (χ0v) is 17.9. The molecule has 0 fully saturated rings. The van der Waals surface area contributed by atoms with Crippen molar-refractivity contribution in [2.75, 3.05) is 6.26 Å². The molecule has 0 bridgehead atoms. The van der Waals surface area contributed by atoms with Gasteiger partial charge in [-0.25, -0.2) is 23.2 Å². The topological polar surface area (TPSA) is 98.2 Å². The lowest BCUT2D eigenvalue weighted by Gasteiger charge is -2.21. The fourth-order valence-corrected chi connectivity index (χ4v) is 5.11. The van der Waals surface area contributed by atoms with E-state index in [1.165, 1.54) is 11.3 Å². The van der Waals surface area contributed by atoms with Crippen LogP contribution in [0.1, 0.15) is 38.1 Å². The molecule has 1 atom stereocenters. The van der Waals surface area contributed by atoms with Crippen LogP contribution in [0.2, 0.25) is 5.28 Å². The monoisotopic (exact) mass is 419 g/mol. The molecule has 2 aromatic heterocycles. The number of rotatable bonds is 4. The second-order valence-electron chi connectivity index (χ2n) is 7.15. The maximum atomic E-state index is 12.0. The summed E-state index contributed by atoms with van der Waals surface area (Å²) in [6, 6.07) is -0.207. The number of carbonyl (C=O) groups is 1. The molecule has 0 radical (unpaired) electrons. The Bertz CT molecular complexity index is 949. The van der Waals surface area contributed by atoms with E-state index in [1.807, 2.05) is 13.8 Å². The van der Waals surface area contributed by atoms with E-state index < -0.39 is 21.5 Å². The van der Waals surface area contributed by atoms with Crippen molar-refractivity contribution < 1.29 is 17.9 Å². The van der Waals surface area contributed by atoms with Crippen LogP contribution in [0.4, 0.5) is 4.79 Å².